The molecular formula is C26H28N8O3S. The van der Waals surface area contributed by atoms with Crippen LogP contribution in [0, 0.1) is 0 Å². The third-order valence-corrected chi connectivity index (χ3v) is 7.58. The molecule has 1 unspecified atom stereocenters. The standard InChI is InChI=1S/C26H28N8O3S/c1-3-21(35)30-18-6-4-16(5-7-18)25(36)33(2)15-19-12-20-22(38-19)24(34-8-10-37-11-9-34)32-23(31-20)17-13-28-26(27)29-14-17/h3-7,13-14,19H,1,8-12,15H2,2H3,(H,30,35)(H2,27,28,29). The topological polar surface area (TPSA) is 139 Å². The monoisotopic (exact) mass is 532 g/mol. The van der Waals surface area contributed by atoms with Gasteiger partial charge in [0, 0.05) is 62.0 Å². The number of carbonyl (C=O) groups excluding carboxylic acids is 2. The summed E-state index contributed by atoms with van der Waals surface area (Å²) >= 11 is 1.71. The molecule has 11 nitrogen and oxygen atoms in total. The zero-order valence-corrected chi connectivity index (χ0v) is 21.8. The maximum Gasteiger partial charge on any atom is 0.253 e. The zero-order valence-electron chi connectivity index (χ0n) is 21.0. The predicted molar refractivity (Wildman–Crippen MR) is 146 cm³/mol. The summed E-state index contributed by atoms with van der Waals surface area (Å²) in [6.07, 6.45) is 5.17. The molecule has 3 aromatic rings. The summed E-state index contributed by atoms with van der Waals surface area (Å²) in [7, 11) is 1.80. The van der Waals surface area contributed by atoms with E-state index in [2.05, 4.69) is 26.8 Å². The van der Waals surface area contributed by atoms with Crippen LogP contribution >= 0.6 is 11.8 Å². The maximum absolute atomic E-state index is 13.1. The Hall–Kier alpha value is -4.03. The molecule has 2 aromatic heterocycles. The summed E-state index contributed by atoms with van der Waals surface area (Å²) in [4.78, 5) is 47.5. The molecule has 196 valence electrons. The third kappa shape index (κ3) is 5.60. The number of nitrogens with two attached hydrogens (primary N) is 1. The summed E-state index contributed by atoms with van der Waals surface area (Å²) < 4.78 is 5.55. The van der Waals surface area contributed by atoms with Crippen LogP contribution in [-0.2, 0) is 16.0 Å². The number of nitrogens with zero attached hydrogens (tertiary/aromatic N) is 6. The van der Waals surface area contributed by atoms with Crippen molar-refractivity contribution in [3.05, 3.63) is 60.6 Å². The molecule has 1 atom stereocenters. The van der Waals surface area contributed by atoms with Crippen molar-refractivity contribution in [3.63, 3.8) is 0 Å². The minimum absolute atomic E-state index is 0.0950. The SMILES string of the molecule is C=CC(=O)Nc1ccc(C(=O)N(C)CC2Cc3nc(-c4cnc(N)nc4)nc(N4CCOCC4)c3S2)cc1. The summed E-state index contributed by atoms with van der Waals surface area (Å²) in [5.74, 6) is 1.24. The van der Waals surface area contributed by atoms with Gasteiger partial charge in [-0.25, -0.2) is 19.9 Å². The number of carbonyl (C=O) groups is 2. The lowest BCUT2D eigenvalue weighted by molar-refractivity contribution is -0.111. The van der Waals surface area contributed by atoms with Crippen molar-refractivity contribution in [1.29, 1.82) is 0 Å². The molecular weight excluding hydrogens is 504 g/mol. The molecule has 1 saturated heterocycles. The number of benzene rings is 1. The Labute approximate surface area is 224 Å². The number of aromatic nitrogens is 4. The number of nitrogen functional groups attached to an aromatic ring is 1. The number of hydrogen-bond acceptors (Lipinski definition) is 10. The van der Waals surface area contributed by atoms with Crippen molar-refractivity contribution in [3.8, 4) is 11.4 Å². The second-order valence-electron chi connectivity index (χ2n) is 8.98. The van der Waals surface area contributed by atoms with E-state index in [4.69, 9.17) is 20.4 Å². The van der Waals surface area contributed by atoms with E-state index in [0.29, 0.717) is 48.8 Å². The summed E-state index contributed by atoms with van der Waals surface area (Å²) in [6.45, 7) is 6.75. The Morgan fingerprint density at radius 2 is 1.92 bits per heavy atom. The van der Waals surface area contributed by atoms with E-state index in [1.807, 2.05) is 0 Å². The van der Waals surface area contributed by atoms with Gasteiger partial charge in [-0.15, -0.1) is 11.8 Å². The highest BCUT2D eigenvalue weighted by atomic mass is 32.2. The minimum Gasteiger partial charge on any atom is -0.378 e. The fourth-order valence-electron chi connectivity index (χ4n) is 4.34. The Morgan fingerprint density at radius 1 is 1.21 bits per heavy atom. The first kappa shape index (κ1) is 25.6. The Bertz CT molecular complexity index is 1340. The van der Waals surface area contributed by atoms with Crippen LogP contribution in [0.15, 0.2) is 54.2 Å². The first-order valence-electron chi connectivity index (χ1n) is 12.2. The number of ether oxygens (including phenoxy) is 1. The molecule has 12 heteroatoms. The lowest BCUT2D eigenvalue weighted by Gasteiger charge is -2.29. The average molecular weight is 533 g/mol. The van der Waals surface area contributed by atoms with E-state index in [1.54, 1.807) is 60.4 Å². The second-order valence-corrected chi connectivity index (χ2v) is 10.3. The first-order chi connectivity index (χ1) is 18.4. The molecule has 0 aliphatic carbocycles. The normalized spacial score (nSPS) is 16.6. The van der Waals surface area contributed by atoms with Gasteiger partial charge in [0.05, 0.1) is 29.4 Å². The quantitative estimate of drug-likeness (QED) is 0.436. The van der Waals surface area contributed by atoms with Gasteiger partial charge in [-0.3, -0.25) is 9.59 Å². The third-order valence-electron chi connectivity index (χ3n) is 6.27. The van der Waals surface area contributed by atoms with Crippen LogP contribution in [-0.4, -0.2) is 81.8 Å². The molecule has 38 heavy (non-hydrogen) atoms. The van der Waals surface area contributed by atoms with E-state index in [9.17, 15) is 9.59 Å². The van der Waals surface area contributed by atoms with Gasteiger partial charge in [0.1, 0.15) is 5.82 Å². The lowest BCUT2D eigenvalue weighted by atomic mass is 10.1. The number of amides is 2. The van der Waals surface area contributed by atoms with Gasteiger partial charge in [0.15, 0.2) is 5.82 Å². The molecule has 1 aromatic carbocycles. The molecule has 0 radical (unpaired) electrons. The van der Waals surface area contributed by atoms with E-state index >= 15 is 0 Å². The van der Waals surface area contributed by atoms with Gasteiger partial charge in [-0.1, -0.05) is 6.58 Å². The highest BCUT2D eigenvalue weighted by Crippen LogP contribution is 2.43. The molecule has 0 saturated carbocycles. The minimum atomic E-state index is -0.300. The van der Waals surface area contributed by atoms with Crippen LogP contribution in [0.1, 0.15) is 16.1 Å². The summed E-state index contributed by atoms with van der Waals surface area (Å²) in [5, 5.41) is 2.81. The van der Waals surface area contributed by atoms with Gasteiger partial charge in [0.2, 0.25) is 11.9 Å². The van der Waals surface area contributed by atoms with Crippen LogP contribution in [0.25, 0.3) is 11.4 Å². The van der Waals surface area contributed by atoms with Crippen LogP contribution in [0.4, 0.5) is 17.5 Å². The van der Waals surface area contributed by atoms with Crippen molar-refractivity contribution in [2.24, 2.45) is 0 Å². The second kappa shape index (κ2) is 11.2. The first-order valence-corrected chi connectivity index (χ1v) is 13.1. The van der Waals surface area contributed by atoms with Crippen molar-refractivity contribution < 1.29 is 14.3 Å². The molecule has 0 bridgehead atoms. The molecule has 1 fully saturated rings. The predicted octanol–water partition coefficient (Wildman–Crippen LogP) is 2.27. The van der Waals surface area contributed by atoms with Gasteiger partial charge < -0.3 is 25.6 Å². The number of thioether (sulfide) groups is 1. The van der Waals surface area contributed by atoms with Crippen molar-refractivity contribution in [1.82, 2.24) is 24.8 Å². The largest absolute Gasteiger partial charge is 0.378 e. The number of rotatable bonds is 7. The fraction of sp³-hybridized carbons (Fsp3) is 0.308. The molecule has 3 N–H and O–H groups in total. The van der Waals surface area contributed by atoms with Gasteiger partial charge in [0.25, 0.3) is 5.91 Å². The number of nitrogens with one attached hydrogen (secondary N) is 1. The molecule has 5 rings (SSSR count). The number of anilines is 3. The smallest absolute Gasteiger partial charge is 0.253 e. The highest BCUT2D eigenvalue weighted by molar-refractivity contribution is 8.00. The number of hydrogen-bond donors (Lipinski definition) is 2. The van der Waals surface area contributed by atoms with Crippen molar-refractivity contribution in [2.45, 2.75) is 16.6 Å². The molecule has 4 heterocycles. The van der Waals surface area contributed by atoms with Gasteiger partial charge in [-0.05, 0) is 30.3 Å². The van der Waals surface area contributed by atoms with Gasteiger partial charge >= 0.3 is 0 Å². The average Bonchev–Trinajstić information content (AvgIpc) is 3.35. The van der Waals surface area contributed by atoms with Crippen molar-refractivity contribution >= 4 is 41.0 Å². The number of morpholine rings is 1. The Morgan fingerprint density at radius 3 is 2.61 bits per heavy atom. The van der Waals surface area contributed by atoms with Gasteiger partial charge in [-0.2, -0.15) is 0 Å². The Balaban J connectivity index is 1.33. The molecule has 0 spiro atoms. The van der Waals surface area contributed by atoms with Crippen LogP contribution in [0.5, 0.6) is 0 Å². The number of fused-ring (bicyclic) bond motifs is 1. The molecule has 2 aliphatic heterocycles. The fourth-order valence-corrected chi connectivity index (χ4v) is 5.76. The zero-order chi connectivity index (χ0) is 26.6. The van der Waals surface area contributed by atoms with Crippen LogP contribution < -0.4 is 16.0 Å². The van der Waals surface area contributed by atoms with Crippen molar-refractivity contribution in [2.75, 3.05) is 55.8 Å². The molecule has 2 amide bonds. The van der Waals surface area contributed by atoms with E-state index < -0.39 is 0 Å². The van der Waals surface area contributed by atoms with Crippen LogP contribution in [0.3, 0.4) is 0 Å². The van der Waals surface area contributed by atoms with E-state index in [0.717, 1.165) is 29.5 Å². The maximum atomic E-state index is 13.1. The highest BCUT2D eigenvalue weighted by Gasteiger charge is 2.32. The van der Waals surface area contributed by atoms with Crippen LogP contribution in [0.2, 0.25) is 0 Å². The Kier molecular flexibility index (Phi) is 7.52. The summed E-state index contributed by atoms with van der Waals surface area (Å²) in [5.41, 5.74) is 8.46. The molecule has 2 aliphatic rings. The lowest BCUT2D eigenvalue weighted by Crippen LogP contribution is -2.37. The summed E-state index contributed by atoms with van der Waals surface area (Å²) in [6, 6.07) is 6.82. The van der Waals surface area contributed by atoms with E-state index in [1.165, 1.54) is 6.08 Å². The van der Waals surface area contributed by atoms with E-state index in [-0.39, 0.29) is 23.0 Å².